The second kappa shape index (κ2) is 13.1. The molecular formula is C27H39Cl2N7O. The van der Waals surface area contributed by atoms with Crippen LogP contribution < -0.4 is 16.0 Å². The molecule has 0 radical (unpaired) electrons. The molecule has 0 spiro atoms. The van der Waals surface area contributed by atoms with E-state index in [1.165, 1.54) is 44.8 Å². The normalized spacial score (nSPS) is 19.8. The van der Waals surface area contributed by atoms with Gasteiger partial charge in [-0.05, 0) is 75.9 Å². The Morgan fingerprint density at radius 2 is 1.81 bits per heavy atom. The zero-order valence-electron chi connectivity index (χ0n) is 21.9. The summed E-state index contributed by atoms with van der Waals surface area (Å²) in [5, 5.41) is 3.55. The molecule has 4 rings (SSSR count). The fourth-order valence-corrected chi connectivity index (χ4v) is 5.97. The summed E-state index contributed by atoms with van der Waals surface area (Å²) in [5.41, 5.74) is 7.47. The third kappa shape index (κ3) is 7.05. The molecular weight excluding hydrogens is 509 g/mol. The van der Waals surface area contributed by atoms with Gasteiger partial charge in [0, 0.05) is 43.8 Å². The lowest BCUT2D eigenvalue weighted by Gasteiger charge is -2.47. The van der Waals surface area contributed by atoms with Gasteiger partial charge in [-0.25, -0.2) is 9.97 Å². The predicted octanol–water partition coefficient (Wildman–Crippen LogP) is 4.11. The van der Waals surface area contributed by atoms with Crippen molar-refractivity contribution in [2.45, 2.75) is 57.5 Å². The third-order valence-electron chi connectivity index (χ3n) is 7.73. The van der Waals surface area contributed by atoms with Crippen molar-refractivity contribution in [3.8, 4) is 0 Å². The fraction of sp³-hybridized carbons (Fsp3) is 0.593. The Labute approximate surface area is 230 Å². The van der Waals surface area contributed by atoms with Crippen LogP contribution in [0, 0.1) is 0 Å². The third-order valence-corrected chi connectivity index (χ3v) is 8.24. The molecule has 2 saturated heterocycles. The maximum absolute atomic E-state index is 12.0. The minimum atomic E-state index is -0.386. The van der Waals surface area contributed by atoms with Gasteiger partial charge >= 0.3 is 0 Å². The van der Waals surface area contributed by atoms with E-state index < -0.39 is 0 Å². The molecule has 2 aromatic rings. The number of nitrogens with zero attached hydrogens (tertiary/aromatic N) is 5. The van der Waals surface area contributed by atoms with Gasteiger partial charge in [0.1, 0.15) is 0 Å². The number of likely N-dealkylation sites (tertiary alicyclic amines) is 1. The molecule has 0 saturated carbocycles. The highest BCUT2D eigenvalue weighted by Crippen LogP contribution is 2.29. The van der Waals surface area contributed by atoms with Crippen molar-refractivity contribution in [1.29, 1.82) is 0 Å². The number of unbranched alkanes of at least 4 members (excludes halogenated alkanes) is 1. The van der Waals surface area contributed by atoms with Gasteiger partial charge in [0.05, 0.1) is 0 Å². The van der Waals surface area contributed by atoms with Crippen molar-refractivity contribution in [3.05, 3.63) is 45.7 Å². The van der Waals surface area contributed by atoms with E-state index in [-0.39, 0.29) is 22.6 Å². The predicted molar refractivity (Wildman–Crippen MR) is 152 cm³/mol. The summed E-state index contributed by atoms with van der Waals surface area (Å²) >= 11 is 12.4. The fourth-order valence-electron chi connectivity index (χ4n) is 5.60. The molecule has 10 heteroatoms. The number of rotatable bonds is 9. The number of hydrogen-bond acceptors (Lipinski definition) is 7. The number of piperidine rings is 1. The highest BCUT2D eigenvalue weighted by Gasteiger charge is 2.34. The molecule has 1 aromatic carbocycles. The number of aromatic nitrogens is 2. The van der Waals surface area contributed by atoms with Gasteiger partial charge in [0.15, 0.2) is 22.5 Å². The maximum atomic E-state index is 12.0. The number of nitrogens with one attached hydrogen (secondary N) is 1. The van der Waals surface area contributed by atoms with Gasteiger partial charge in [-0.1, -0.05) is 42.3 Å². The van der Waals surface area contributed by atoms with Crippen molar-refractivity contribution in [2.75, 3.05) is 56.9 Å². The monoisotopic (exact) mass is 547 g/mol. The molecule has 0 unspecified atom stereocenters. The van der Waals surface area contributed by atoms with E-state index in [1.54, 1.807) is 0 Å². The number of anilines is 2. The number of hydrogen-bond donors (Lipinski definition) is 2. The van der Waals surface area contributed by atoms with E-state index >= 15 is 0 Å². The lowest BCUT2D eigenvalue weighted by Crippen LogP contribution is -2.58. The van der Waals surface area contributed by atoms with E-state index in [0.717, 1.165) is 50.6 Å². The first-order valence-corrected chi connectivity index (χ1v) is 14.2. The van der Waals surface area contributed by atoms with Crippen LogP contribution in [0.1, 0.15) is 55.1 Å². The number of nitrogens with two attached hydrogens (primary N) is 1. The second-order valence-corrected chi connectivity index (χ2v) is 10.8. The van der Waals surface area contributed by atoms with Gasteiger partial charge < -0.3 is 20.9 Å². The Morgan fingerprint density at radius 3 is 2.49 bits per heavy atom. The Bertz CT molecular complexity index is 1040. The molecule has 1 amide bonds. The molecule has 3 N–H and O–H groups in total. The Morgan fingerprint density at radius 1 is 1.08 bits per heavy atom. The zero-order chi connectivity index (χ0) is 26.4. The summed E-state index contributed by atoms with van der Waals surface area (Å²) < 4.78 is 0. The van der Waals surface area contributed by atoms with Crippen LogP contribution in [-0.2, 0) is 6.42 Å². The Kier molecular flexibility index (Phi) is 9.87. The van der Waals surface area contributed by atoms with E-state index in [1.807, 2.05) is 12.1 Å². The van der Waals surface area contributed by atoms with Crippen LogP contribution in [0.5, 0.6) is 0 Å². The molecule has 37 heavy (non-hydrogen) atoms. The van der Waals surface area contributed by atoms with Crippen molar-refractivity contribution >= 4 is 40.7 Å². The number of carbonyl (C=O) groups excluding carboxylic acids is 1. The van der Waals surface area contributed by atoms with Crippen LogP contribution in [0.15, 0.2) is 24.3 Å². The van der Waals surface area contributed by atoms with Gasteiger partial charge in [0.25, 0.3) is 5.91 Å². The summed E-state index contributed by atoms with van der Waals surface area (Å²) in [6.07, 6.45) is 7.03. The van der Waals surface area contributed by atoms with Crippen LogP contribution in [-0.4, -0.2) is 84.1 Å². The lowest BCUT2D eigenvalue weighted by molar-refractivity contribution is 0.0627. The quantitative estimate of drug-likeness (QED) is 0.456. The van der Waals surface area contributed by atoms with Crippen molar-refractivity contribution < 1.29 is 4.79 Å². The number of nitrogen functional groups attached to an aromatic ring is 1. The molecule has 2 aliphatic rings. The van der Waals surface area contributed by atoms with Crippen LogP contribution in [0.25, 0.3) is 0 Å². The van der Waals surface area contributed by atoms with Crippen LogP contribution >= 0.6 is 23.2 Å². The van der Waals surface area contributed by atoms with Crippen LogP contribution in [0.4, 0.5) is 11.6 Å². The topological polar surface area (TPSA) is 90.6 Å². The molecule has 2 aliphatic heterocycles. The average molecular weight is 549 g/mol. The summed E-state index contributed by atoms with van der Waals surface area (Å²) in [6.45, 7) is 8.35. The van der Waals surface area contributed by atoms with Crippen LogP contribution in [0.2, 0.25) is 10.2 Å². The number of carbonyl (C=O) groups is 1. The Hall–Kier alpha value is -2.13. The SMILES string of the molecule is CC[C@H]1CN(c2nc(N)c(C(=O)NC)nc2Cl)CCN1C1CCN(CCCCc2ccc(Cl)cc2)CC1. The van der Waals surface area contributed by atoms with Gasteiger partial charge in [-0.3, -0.25) is 9.69 Å². The summed E-state index contributed by atoms with van der Waals surface area (Å²) in [4.78, 5) is 28.2. The number of amides is 1. The molecule has 0 aliphatic carbocycles. The summed E-state index contributed by atoms with van der Waals surface area (Å²) in [5.74, 6) is 0.288. The average Bonchev–Trinajstić information content (AvgIpc) is 2.92. The largest absolute Gasteiger partial charge is 0.382 e. The minimum Gasteiger partial charge on any atom is -0.382 e. The molecule has 1 atom stereocenters. The standard InChI is InChI=1S/C27H39Cl2N7O/c1-3-21-18-35(26-24(29)32-23(25(30)33-26)27(37)31-2)16-17-36(21)22-11-14-34(15-12-22)13-5-4-6-19-7-9-20(28)10-8-19/h7-10,21-22H,3-6,11-18H2,1-2H3,(H2,30,33)(H,31,37)/t21-/m0/s1. The number of aryl methyl sites for hydroxylation is 1. The van der Waals surface area contributed by atoms with Crippen molar-refractivity contribution in [3.63, 3.8) is 0 Å². The smallest absolute Gasteiger partial charge is 0.273 e. The minimum absolute atomic E-state index is 0.0682. The summed E-state index contributed by atoms with van der Waals surface area (Å²) in [7, 11) is 1.53. The van der Waals surface area contributed by atoms with Crippen LogP contribution in [0.3, 0.4) is 0 Å². The van der Waals surface area contributed by atoms with Gasteiger partial charge in [0.2, 0.25) is 0 Å². The van der Waals surface area contributed by atoms with E-state index in [9.17, 15) is 4.79 Å². The molecule has 3 heterocycles. The molecule has 2 fully saturated rings. The van der Waals surface area contributed by atoms with E-state index in [0.29, 0.717) is 17.9 Å². The number of piperazine rings is 1. The highest BCUT2D eigenvalue weighted by molar-refractivity contribution is 6.32. The first-order valence-electron chi connectivity index (χ1n) is 13.4. The number of benzene rings is 1. The first kappa shape index (κ1) is 27.9. The second-order valence-electron chi connectivity index (χ2n) is 10.1. The van der Waals surface area contributed by atoms with E-state index in [4.69, 9.17) is 28.9 Å². The van der Waals surface area contributed by atoms with Crippen molar-refractivity contribution in [1.82, 2.24) is 25.1 Å². The molecule has 202 valence electrons. The zero-order valence-corrected chi connectivity index (χ0v) is 23.4. The van der Waals surface area contributed by atoms with Crippen molar-refractivity contribution in [2.24, 2.45) is 0 Å². The summed E-state index contributed by atoms with van der Waals surface area (Å²) in [6, 6.07) is 9.25. The van der Waals surface area contributed by atoms with E-state index in [2.05, 4.69) is 49.0 Å². The molecule has 0 bridgehead atoms. The Balaban J connectivity index is 1.25. The van der Waals surface area contributed by atoms with Gasteiger partial charge in [-0.15, -0.1) is 0 Å². The first-order chi connectivity index (χ1) is 17.9. The maximum Gasteiger partial charge on any atom is 0.273 e. The molecule has 8 nitrogen and oxygen atoms in total. The number of halogens is 2. The van der Waals surface area contributed by atoms with Gasteiger partial charge in [-0.2, -0.15) is 0 Å². The molecule has 1 aromatic heterocycles. The lowest BCUT2D eigenvalue weighted by atomic mass is 9.98. The highest BCUT2D eigenvalue weighted by atomic mass is 35.5.